The third kappa shape index (κ3) is 9.20. The van der Waals surface area contributed by atoms with E-state index in [0.29, 0.717) is 93.5 Å². The number of carbonyl (C=O) groups is 4. The van der Waals surface area contributed by atoms with Gasteiger partial charge in [0.1, 0.15) is 11.4 Å². The topological polar surface area (TPSA) is 168 Å². The Bertz CT molecular complexity index is 3210. The monoisotopic (exact) mass is 1080 g/mol. The molecule has 16 nitrogen and oxygen atoms in total. The van der Waals surface area contributed by atoms with Crippen LogP contribution in [-0.2, 0) is 38.5 Å². The summed E-state index contributed by atoms with van der Waals surface area (Å²) < 4.78 is 43.9. The van der Waals surface area contributed by atoms with Gasteiger partial charge in [0.15, 0.2) is 5.69 Å². The minimum atomic E-state index is -4.70. The van der Waals surface area contributed by atoms with E-state index < -0.39 is 35.9 Å². The highest BCUT2D eigenvalue weighted by atomic mass is 35.5. The van der Waals surface area contributed by atoms with Crippen molar-refractivity contribution in [1.82, 2.24) is 59.3 Å². The Balaban J connectivity index is 0.885. The molecule has 0 spiro atoms. The van der Waals surface area contributed by atoms with Crippen molar-refractivity contribution in [3.63, 3.8) is 0 Å². The molecule has 4 aliphatic heterocycles. The zero-order chi connectivity index (χ0) is 51.9. The van der Waals surface area contributed by atoms with Gasteiger partial charge in [0.2, 0.25) is 0 Å². The Morgan fingerprint density at radius 2 is 1.19 bits per heavy atom. The van der Waals surface area contributed by atoms with Crippen molar-refractivity contribution >= 4 is 70.0 Å². The number of amides is 4. The number of hydrogen-bond donors (Lipinski definition) is 0. The summed E-state index contributed by atoms with van der Waals surface area (Å²) >= 11 is 24.8. The van der Waals surface area contributed by atoms with Crippen LogP contribution in [0.15, 0.2) is 60.9 Å². The third-order valence-electron chi connectivity index (χ3n) is 14.5. The van der Waals surface area contributed by atoms with E-state index in [1.54, 1.807) is 66.2 Å². The molecule has 0 saturated carbocycles. The Hall–Kier alpha value is -6.15. The third-order valence-corrected chi connectivity index (χ3v) is 16.0. The van der Waals surface area contributed by atoms with Crippen LogP contribution in [0.4, 0.5) is 13.2 Å². The maximum atomic E-state index is 14.7. The van der Waals surface area contributed by atoms with Crippen LogP contribution in [0.1, 0.15) is 152 Å². The second-order valence-electron chi connectivity index (χ2n) is 19.2. The van der Waals surface area contributed by atoms with Gasteiger partial charge < -0.3 is 19.6 Å². The molecule has 6 aromatic rings. The lowest BCUT2D eigenvalue weighted by Crippen LogP contribution is -2.46. The van der Waals surface area contributed by atoms with E-state index in [1.807, 2.05) is 39.8 Å². The van der Waals surface area contributed by atoms with Crippen molar-refractivity contribution in [2.45, 2.75) is 116 Å². The Kier molecular flexibility index (Phi) is 13.3. The zero-order valence-electron chi connectivity index (χ0n) is 40.0. The van der Waals surface area contributed by atoms with Gasteiger partial charge in [-0.3, -0.25) is 33.5 Å². The summed E-state index contributed by atoms with van der Waals surface area (Å²) in [5.41, 5.74) is 4.36. The number of hydrogen-bond acceptors (Lipinski definition) is 10. The minimum absolute atomic E-state index is 0.0667. The molecule has 23 heteroatoms. The van der Waals surface area contributed by atoms with Gasteiger partial charge >= 0.3 is 6.18 Å². The Morgan fingerprint density at radius 1 is 0.658 bits per heavy atom. The van der Waals surface area contributed by atoms with E-state index in [2.05, 4.69) is 20.2 Å². The number of benzene rings is 2. The zero-order valence-corrected chi connectivity index (χ0v) is 43.1. The van der Waals surface area contributed by atoms with E-state index in [9.17, 15) is 32.3 Å². The molecule has 0 N–H and O–H groups in total. The molecule has 0 saturated heterocycles. The molecule has 4 amide bonds. The van der Waals surface area contributed by atoms with E-state index >= 15 is 0 Å². The first-order chi connectivity index (χ1) is 34.7. The smallest absolute Gasteiger partial charge is 0.331 e. The maximum absolute atomic E-state index is 14.7. The highest BCUT2D eigenvalue weighted by Gasteiger charge is 2.44. The number of carbonyl (C=O) groups excluding carboxylic acids is 4. The summed E-state index contributed by atoms with van der Waals surface area (Å²) in [5.74, 6) is -1.18. The van der Waals surface area contributed by atoms with E-state index in [4.69, 9.17) is 56.6 Å². The van der Waals surface area contributed by atoms with Crippen molar-refractivity contribution in [2.75, 3.05) is 13.1 Å². The molecule has 380 valence electrons. The molecule has 73 heavy (non-hydrogen) atoms. The fraction of sp³-hybridized carbons (Fsp3) is 0.400. The van der Waals surface area contributed by atoms with Crippen molar-refractivity contribution in [2.24, 2.45) is 0 Å². The molecule has 0 fully saturated rings. The molecule has 4 aliphatic rings. The molecule has 0 unspecified atom stereocenters. The summed E-state index contributed by atoms with van der Waals surface area (Å²) in [6, 6.07) is 10.7. The first-order valence-electron chi connectivity index (χ1n) is 23.7. The molecule has 10 rings (SSSR count). The Labute approximate surface area is 437 Å². The van der Waals surface area contributed by atoms with Crippen LogP contribution in [-0.4, -0.2) is 108 Å². The van der Waals surface area contributed by atoms with Gasteiger partial charge in [0, 0.05) is 60.3 Å². The highest BCUT2D eigenvalue weighted by molar-refractivity contribution is 6.42. The first-order valence-corrected chi connectivity index (χ1v) is 25.3. The van der Waals surface area contributed by atoms with Gasteiger partial charge in [-0.15, -0.1) is 0 Å². The molecule has 2 aromatic carbocycles. The number of rotatable bonds is 9. The van der Waals surface area contributed by atoms with Crippen molar-refractivity contribution in [1.29, 1.82) is 0 Å². The van der Waals surface area contributed by atoms with Crippen LogP contribution in [0.3, 0.4) is 0 Å². The van der Waals surface area contributed by atoms with Crippen LogP contribution < -0.4 is 0 Å². The summed E-state index contributed by atoms with van der Waals surface area (Å²) in [5, 5.41) is 20.2. The van der Waals surface area contributed by atoms with Gasteiger partial charge in [-0.2, -0.15) is 33.6 Å². The lowest BCUT2D eigenvalue weighted by molar-refractivity contribution is -0.141. The maximum Gasteiger partial charge on any atom is 0.434 e. The van der Waals surface area contributed by atoms with Gasteiger partial charge in [-0.1, -0.05) is 46.4 Å². The normalized spacial score (nSPS) is 20.6. The molecular weight excluding hydrogens is 1030 g/mol. The average Bonchev–Trinajstić information content (AvgIpc) is 3.94. The van der Waals surface area contributed by atoms with E-state index in [0.717, 1.165) is 11.9 Å². The fourth-order valence-electron chi connectivity index (χ4n) is 10.3. The number of halogens is 7. The lowest BCUT2D eigenvalue weighted by Gasteiger charge is -2.38. The second kappa shape index (κ2) is 19.3. The molecule has 0 aliphatic carbocycles. The first kappa shape index (κ1) is 50.4. The van der Waals surface area contributed by atoms with Gasteiger partial charge in [-0.05, 0) is 96.0 Å². The van der Waals surface area contributed by atoms with Crippen LogP contribution in [0.25, 0.3) is 0 Å². The Morgan fingerprint density at radius 3 is 1.70 bits per heavy atom. The van der Waals surface area contributed by atoms with Crippen LogP contribution in [0.2, 0.25) is 20.1 Å². The molecule has 6 atom stereocenters. The van der Waals surface area contributed by atoms with Crippen LogP contribution in [0, 0.1) is 0 Å². The minimum Gasteiger partial charge on any atom is -0.331 e. The average molecular weight is 1080 g/mol. The molecule has 4 aromatic heterocycles. The molecular formula is C50H47Cl4F3N12O4. The van der Waals surface area contributed by atoms with Gasteiger partial charge in [0.25, 0.3) is 23.6 Å². The second-order valence-corrected chi connectivity index (χ2v) is 20.9. The number of alkyl halides is 3. The van der Waals surface area contributed by atoms with Crippen LogP contribution in [0.5, 0.6) is 0 Å². The van der Waals surface area contributed by atoms with E-state index in [-0.39, 0.29) is 76.9 Å². The highest BCUT2D eigenvalue weighted by Crippen LogP contribution is 2.39. The summed E-state index contributed by atoms with van der Waals surface area (Å²) in [4.78, 5) is 71.3. The number of fused-ring (bicyclic) bond motifs is 6. The number of nitrogens with zero attached hydrogens (tertiary/aromatic N) is 12. The lowest BCUT2D eigenvalue weighted by atomic mass is 9.96. The fourth-order valence-corrected chi connectivity index (χ4v) is 10.9. The van der Waals surface area contributed by atoms with Crippen LogP contribution >= 0.6 is 46.4 Å². The van der Waals surface area contributed by atoms with Gasteiger partial charge in [0.05, 0.1) is 98.2 Å². The summed E-state index contributed by atoms with van der Waals surface area (Å²) in [7, 11) is 0. The summed E-state index contributed by atoms with van der Waals surface area (Å²) in [6.45, 7) is 10.2. The van der Waals surface area contributed by atoms with Gasteiger partial charge in [-0.25, -0.2) is 4.98 Å². The predicted molar refractivity (Wildman–Crippen MR) is 263 cm³/mol. The summed E-state index contributed by atoms with van der Waals surface area (Å²) in [6.07, 6.45) is -1.36. The quantitative estimate of drug-likeness (QED) is 0.136. The van der Waals surface area contributed by atoms with Crippen molar-refractivity contribution in [3.8, 4) is 0 Å². The standard InChI is InChI=1S/C50H47Cl4F3N12O4/c1-24-14-40-33(22-64(24)46(70)29-6-11-35(51)37(53)16-29)44-48(72)66(20-26(3)68(44)62-40)27(4)39-13-9-31(60-61-39)8-10-32-21-67(28(5)42-18-59-43(19-58-42)50(55,56)57)49(73)45-34-23-65(25(2)15-41(34)63-69(32)45)47(71)30-7-12-36(52)38(54)17-30/h6-7,9,11-13,16-19,24-28,32H,8,10,14-15,20-23H2,1-5H3/t24-,25-,26-,27+,28+,32-/m1/s1. The van der Waals surface area contributed by atoms with Crippen molar-refractivity contribution in [3.05, 3.63) is 149 Å². The SMILES string of the molecule is C[C@@H]1Cc2nn3c(c2CN1C(=O)c1ccc(Cl)c(Cl)c1)C(=O)N([C@@H](C)c1cnc(C(F)(F)F)cn1)C[C@H]3CCc1ccc([C@H](C)N2C[C@@H](C)n3nc4c(c3C2=O)CN(C(=O)c2ccc(Cl)c(Cl)c2)[C@H](C)C4)nn1. The number of aryl methyl sites for hydroxylation is 1. The van der Waals surface area contributed by atoms with Crippen molar-refractivity contribution < 1.29 is 32.3 Å². The number of aromatic nitrogens is 8. The molecule has 0 radical (unpaired) electrons. The molecule has 0 bridgehead atoms. The predicted octanol–water partition coefficient (Wildman–Crippen LogP) is 9.63. The van der Waals surface area contributed by atoms with E-state index in [1.165, 1.54) is 6.07 Å². The molecule has 8 heterocycles. The largest absolute Gasteiger partial charge is 0.434 e.